The molecule has 1 saturated carbocycles. The number of fused-ring (bicyclic) bond motifs is 1. The minimum atomic E-state index is -0.572. The second kappa shape index (κ2) is 6.79. The van der Waals surface area contributed by atoms with Gasteiger partial charge in [0.1, 0.15) is 5.82 Å². The lowest BCUT2D eigenvalue weighted by Gasteiger charge is -2.33. The molecular formula is C22H22FN3O. The first kappa shape index (κ1) is 17.7. The van der Waals surface area contributed by atoms with Gasteiger partial charge in [-0.2, -0.15) is 10.4 Å². The zero-order chi connectivity index (χ0) is 19.0. The highest BCUT2D eigenvalue weighted by molar-refractivity contribution is 5.84. The van der Waals surface area contributed by atoms with Gasteiger partial charge in [0.05, 0.1) is 34.5 Å². The van der Waals surface area contributed by atoms with E-state index in [1.54, 1.807) is 12.1 Å². The molecule has 1 heterocycles. The molecule has 1 fully saturated rings. The molecule has 1 aliphatic carbocycles. The topological polar surface area (TPSA) is 61.8 Å². The number of aromatic nitrogens is 2. The third kappa shape index (κ3) is 3.00. The van der Waals surface area contributed by atoms with E-state index in [1.165, 1.54) is 12.1 Å². The molecule has 2 aromatic carbocycles. The summed E-state index contributed by atoms with van der Waals surface area (Å²) in [6, 6.07) is 14.9. The molecule has 0 bridgehead atoms. The van der Waals surface area contributed by atoms with Crippen LogP contribution in [0.1, 0.15) is 43.9 Å². The van der Waals surface area contributed by atoms with Crippen LogP contribution in [0.3, 0.4) is 0 Å². The molecule has 0 saturated heterocycles. The van der Waals surface area contributed by atoms with Crippen LogP contribution in [0.2, 0.25) is 0 Å². The molecule has 4 rings (SSSR count). The van der Waals surface area contributed by atoms with Crippen molar-refractivity contribution in [1.82, 2.24) is 9.78 Å². The number of aliphatic hydroxyl groups is 1. The van der Waals surface area contributed by atoms with Crippen LogP contribution in [0, 0.1) is 17.1 Å². The van der Waals surface area contributed by atoms with E-state index in [2.05, 4.69) is 13.0 Å². The number of aryl methyl sites for hydroxylation is 1. The quantitative estimate of drug-likeness (QED) is 0.749. The predicted molar refractivity (Wildman–Crippen MR) is 102 cm³/mol. The SMILES string of the molecule is CCc1nn(-c2ccc(F)cc2)c2cc(C3(C#N)CCC(O)CC3)ccc12. The van der Waals surface area contributed by atoms with Crippen LogP contribution in [-0.4, -0.2) is 21.0 Å². The Morgan fingerprint density at radius 1 is 1.22 bits per heavy atom. The molecule has 0 spiro atoms. The fourth-order valence-corrected chi connectivity index (χ4v) is 4.08. The maximum Gasteiger partial charge on any atom is 0.123 e. The highest BCUT2D eigenvalue weighted by Gasteiger charge is 2.37. The molecule has 4 nitrogen and oxygen atoms in total. The lowest BCUT2D eigenvalue weighted by atomic mass is 9.69. The second-order valence-electron chi connectivity index (χ2n) is 7.35. The summed E-state index contributed by atoms with van der Waals surface area (Å²) in [4.78, 5) is 0. The maximum absolute atomic E-state index is 13.3. The molecule has 1 N–H and O–H groups in total. The molecule has 0 atom stereocenters. The standard InChI is InChI=1S/C22H22FN3O/c1-2-20-19-8-3-15(22(14-24)11-9-18(27)10-12-22)13-21(19)26(25-20)17-6-4-16(23)5-7-17/h3-8,13,18,27H,2,9-12H2,1H3. The van der Waals surface area contributed by atoms with E-state index < -0.39 is 5.41 Å². The van der Waals surface area contributed by atoms with Crippen LogP contribution in [0.5, 0.6) is 0 Å². The average molecular weight is 363 g/mol. The Hall–Kier alpha value is -2.71. The average Bonchev–Trinajstić information content (AvgIpc) is 3.07. The fraction of sp³-hybridized carbons (Fsp3) is 0.364. The van der Waals surface area contributed by atoms with Crippen LogP contribution in [0.15, 0.2) is 42.5 Å². The van der Waals surface area contributed by atoms with Gasteiger partial charge in [-0.1, -0.05) is 19.1 Å². The minimum absolute atomic E-state index is 0.282. The van der Waals surface area contributed by atoms with Gasteiger partial charge in [0.2, 0.25) is 0 Å². The van der Waals surface area contributed by atoms with Crippen molar-refractivity contribution >= 4 is 10.9 Å². The lowest BCUT2D eigenvalue weighted by Crippen LogP contribution is -2.32. The van der Waals surface area contributed by atoms with Gasteiger partial charge in [-0.05, 0) is 68.0 Å². The smallest absolute Gasteiger partial charge is 0.123 e. The van der Waals surface area contributed by atoms with Gasteiger partial charge in [0.15, 0.2) is 0 Å². The first-order chi connectivity index (χ1) is 13.1. The maximum atomic E-state index is 13.3. The van der Waals surface area contributed by atoms with Crippen LogP contribution < -0.4 is 0 Å². The Kier molecular flexibility index (Phi) is 4.45. The number of hydrogen-bond donors (Lipinski definition) is 1. The van der Waals surface area contributed by atoms with Crippen LogP contribution in [0.4, 0.5) is 4.39 Å². The number of nitrogens with zero attached hydrogens (tertiary/aromatic N) is 3. The molecule has 1 aliphatic rings. The Labute approximate surface area is 157 Å². The summed E-state index contributed by atoms with van der Waals surface area (Å²) in [6.45, 7) is 2.06. The first-order valence-electron chi connectivity index (χ1n) is 9.44. The van der Waals surface area contributed by atoms with Gasteiger partial charge in [0, 0.05) is 5.39 Å². The zero-order valence-electron chi connectivity index (χ0n) is 15.3. The summed E-state index contributed by atoms with van der Waals surface area (Å²) in [5.41, 5.74) is 3.10. The Morgan fingerprint density at radius 2 is 1.93 bits per heavy atom. The minimum Gasteiger partial charge on any atom is -0.393 e. The Balaban J connectivity index is 1.87. The van der Waals surface area contributed by atoms with Crippen LogP contribution in [-0.2, 0) is 11.8 Å². The van der Waals surface area contributed by atoms with E-state index in [4.69, 9.17) is 5.10 Å². The summed E-state index contributed by atoms with van der Waals surface area (Å²) in [6.07, 6.45) is 3.07. The van der Waals surface area contributed by atoms with Gasteiger partial charge in [0.25, 0.3) is 0 Å². The number of benzene rings is 2. The summed E-state index contributed by atoms with van der Waals surface area (Å²) < 4.78 is 15.2. The van der Waals surface area contributed by atoms with Gasteiger partial charge in [-0.15, -0.1) is 0 Å². The van der Waals surface area contributed by atoms with E-state index in [0.717, 1.165) is 34.3 Å². The van der Waals surface area contributed by atoms with Crippen molar-refractivity contribution in [2.75, 3.05) is 0 Å². The number of nitriles is 1. The number of rotatable bonds is 3. The monoisotopic (exact) mass is 363 g/mol. The van der Waals surface area contributed by atoms with E-state index >= 15 is 0 Å². The molecule has 0 radical (unpaired) electrons. The molecule has 0 unspecified atom stereocenters. The van der Waals surface area contributed by atoms with E-state index in [9.17, 15) is 14.8 Å². The molecule has 5 heteroatoms. The molecule has 0 aliphatic heterocycles. The second-order valence-corrected chi connectivity index (χ2v) is 7.35. The Bertz CT molecular complexity index is 1010. The molecule has 1 aromatic heterocycles. The van der Waals surface area contributed by atoms with Crippen molar-refractivity contribution < 1.29 is 9.50 Å². The van der Waals surface area contributed by atoms with E-state index in [0.29, 0.717) is 25.7 Å². The summed E-state index contributed by atoms with van der Waals surface area (Å²) in [5, 5.41) is 25.6. The zero-order valence-corrected chi connectivity index (χ0v) is 15.3. The predicted octanol–water partition coefficient (Wildman–Crippen LogP) is 4.42. The van der Waals surface area contributed by atoms with Crippen molar-refractivity contribution in [3.05, 3.63) is 59.5 Å². The van der Waals surface area contributed by atoms with Gasteiger partial charge >= 0.3 is 0 Å². The van der Waals surface area contributed by atoms with Crippen molar-refractivity contribution in [3.63, 3.8) is 0 Å². The number of aliphatic hydroxyl groups excluding tert-OH is 1. The molecule has 138 valence electrons. The molecular weight excluding hydrogens is 341 g/mol. The third-order valence-corrected chi connectivity index (χ3v) is 5.74. The van der Waals surface area contributed by atoms with Crippen LogP contribution in [0.25, 0.3) is 16.6 Å². The highest BCUT2D eigenvalue weighted by Crippen LogP contribution is 2.40. The number of halogens is 1. The van der Waals surface area contributed by atoms with Crippen molar-refractivity contribution in [2.45, 2.75) is 50.5 Å². The Morgan fingerprint density at radius 3 is 2.56 bits per heavy atom. The van der Waals surface area contributed by atoms with Crippen molar-refractivity contribution in [1.29, 1.82) is 5.26 Å². The van der Waals surface area contributed by atoms with Gasteiger partial charge < -0.3 is 5.11 Å². The van der Waals surface area contributed by atoms with Crippen molar-refractivity contribution in [2.24, 2.45) is 0 Å². The van der Waals surface area contributed by atoms with E-state index in [-0.39, 0.29) is 11.9 Å². The molecule has 3 aromatic rings. The summed E-state index contributed by atoms with van der Waals surface area (Å²) in [5.74, 6) is -0.282. The lowest BCUT2D eigenvalue weighted by molar-refractivity contribution is 0.109. The van der Waals surface area contributed by atoms with Crippen LogP contribution >= 0.6 is 0 Å². The van der Waals surface area contributed by atoms with Crippen molar-refractivity contribution in [3.8, 4) is 11.8 Å². The van der Waals surface area contributed by atoms with E-state index in [1.807, 2.05) is 22.9 Å². The fourth-order valence-electron chi connectivity index (χ4n) is 4.08. The van der Waals surface area contributed by atoms with Gasteiger partial charge in [-0.25, -0.2) is 9.07 Å². The van der Waals surface area contributed by atoms with Gasteiger partial charge in [-0.3, -0.25) is 0 Å². The largest absolute Gasteiger partial charge is 0.393 e. The molecule has 0 amide bonds. The highest BCUT2D eigenvalue weighted by atomic mass is 19.1. The summed E-state index contributed by atoms with van der Waals surface area (Å²) in [7, 11) is 0. The number of hydrogen-bond acceptors (Lipinski definition) is 3. The normalized spacial score (nSPS) is 22.7. The first-order valence-corrected chi connectivity index (χ1v) is 9.44. The molecule has 27 heavy (non-hydrogen) atoms. The third-order valence-electron chi connectivity index (χ3n) is 5.74. The summed E-state index contributed by atoms with van der Waals surface area (Å²) >= 11 is 0.